The van der Waals surface area contributed by atoms with E-state index in [9.17, 15) is 4.79 Å². The van der Waals surface area contributed by atoms with Crippen molar-refractivity contribution >= 4 is 17.7 Å². The molecule has 2 heterocycles. The van der Waals surface area contributed by atoms with E-state index in [1.54, 1.807) is 19.4 Å². The largest absolute Gasteiger partial charge is 0.497 e. The molecule has 0 unspecified atom stereocenters. The number of furan rings is 1. The zero-order chi connectivity index (χ0) is 19.1. The summed E-state index contributed by atoms with van der Waals surface area (Å²) in [6, 6.07) is 11.3. The summed E-state index contributed by atoms with van der Waals surface area (Å²) in [7, 11) is 1.62. The number of nitrogens with one attached hydrogen (secondary N) is 1. The lowest BCUT2D eigenvalue weighted by Gasteiger charge is -2.09. The van der Waals surface area contributed by atoms with E-state index in [-0.39, 0.29) is 11.7 Å². The van der Waals surface area contributed by atoms with Crippen LogP contribution in [0.4, 0.5) is 0 Å². The van der Waals surface area contributed by atoms with E-state index >= 15 is 0 Å². The van der Waals surface area contributed by atoms with Crippen molar-refractivity contribution in [3.8, 4) is 17.1 Å². The second kappa shape index (κ2) is 9.09. The average molecular weight is 384 g/mol. The fourth-order valence-electron chi connectivity index (χ4n) is 2.44. The minimum atomic E-state index is -0.0876. The highest BCUT2D eigenvalue weighted by molar-refractivity contribution is 7.99. The van der Waals surface area contributed by atoms with Crippen LogP contribution in [0.2, 0.25) is 0 Å². The zero-order valence-corrected chi connectivity index (χ0v) is 15.7. The lowest BCUT2D eigenvalue weighted by Crippen LogP contribution is -2.25. The summed E-state index contributed by atoms with van der Waals surface area (Å²) in [5.74, 6) is 2.34. The Hall–Kier alpha value is -3.00. The molecular weight excluding hydrogens is 364 g/mol. The third kappa shape index (κ3) is 4.79. The number of rotatable bonds is 9. The smallest absolute Gasteiger partial charge is 0.230 e. The maximum Gasteiger partial charge on any atom is 0.230 e. The van der Waals surface area contributed by atoms with Crippen molar-refractivity contribution in [2.24, 2.45) is 0 Å². The standard InChI is InChI=1S/C19H20N4O3S/c1-3-9-20-17(24)13-27-19-22-21-18(14-6-4-7-15(11-14)25-2)23(19)12-16-8-5-10-26-16/h3-8,10-11H,1,9,12-13H2,2H3,(H,20,24). The third-order valence-corrected chi connectivity index (χ3v) is 4.68. The lowest BCUT2D eigenvalue weighted by atomic mass is 10.2. The number of benzene rings is 1. The topological polar surface area (TPSA) is 82.2 Å². The minimum absolute atomic E-state index is 0.0876. The van der Waals surface area contributed by atoms with E-state index in [4.69, 9.17) is 9.15 Å². The first-order chi connectivity index (χ1) is 13.2. The summed E-state index contributed by atoms with van der Waals surface area (Å²) in [4.78, 5) is 11.9. The molecule has 0 aliphatic rings. The summed E-state index contributed by atoms with van der Waals surface area (Å²) < 4.78 is 12.7. The lowest BCUT2D eigenvalue weighted by molar-refractivity contribution is -0.118. The molecular formula is C19H20N4O3S. The summed E-state index contributed by atoms with van der Waals surface area (Å²) in [5, 5.41) is 12.0. The van der Waals surface area contributed by atoms with Crippen molar-refractivity contribution < 1.29 is 13.9 Å². The Morgan fingerprint density at radius 3 is 3.00 bits per heavy atom. The fourth-order valence-corrected chi connectivity index (χ4v) is 3.21. The maximum atomic E-state index is 11.9. The van der Waals surface area contributed by atoms with Gasteiger partial charge in [-0.05, 0) is 24.3 Å². The molecule has 0 spiro atoms. The van der Waals surface area contributed by atoms with Crippen molar-refractivity contribution in [1.29, 1.82) is 0 Å². The molecule has 0 aliphatic carbocycles. The van der Waals surface area contributed by atoms with Gasteiger partial charge in [0.05, 0.1) is 25.7 Å². The summed E-state index contributed by atoms with van der Waals surface area (Å²) in [6.45, 7) is 4.49. The van der Waals surface area contributed by atoms with Crippen molar-refractivity contribution in [3.05, 3.63) is 61.1 Å². The van der Waals surface area contributed by atoms with Crippen molar-refractivity contribution in [3.63, 3.8) is 0 Å². The molecule has 7 nitrogen and oxygen atoms in total. The number of amides is 1. The number of methoxy groups -OCH3 is 1. The molecule has 3 aromatic rings. The first-order valence-corrected chi connectivity index (χ1v) is 9.30. The molecule has 1 amide bonds. The quantitative estimate of drug-likeness (QED) is 0.451. The van der Waals surface area contributed by atoms with Crippen LogP contribution < -0.4 is 10.1 Å². The highest BCUT2D eigenvalue weighted by atomic mass is 32.2. The normalized spacial score (nSPS) is 10.6. The minimum Gasteiger partial charge on any atom is -0.497 e. The van der Waals surface area contributed by atoms with E-state index in [0.717, 1.165) is 17.1 Å². The number of aromatic nitrogens is 3. The van der Waals surface area contributed by atoms with Gasteiger partial charge in [0.15, 0.2) is 11.0 Å². The van der Waals surface area contributed by atoms with E-state index in [1.807, 2.05) is 41.0 Å². The van der Waals surface area contributed by atoms with Gasteiger partial charge in [0.25, 0.3) is 0 Å². The molecule has 0 saturated carbocycles. The van der Waals surface area contributed by atoms with Crippen LogP contribution in [0.3, 0.4) is 0 Å². The Labute approximate surface area is 161 Å². The fraction of sp³-hybridized carbons (Fsp3) is 0.211. The van der Waals surface area contributed by atoms with Crippen LogP contribution in [0.5, 0.6) is 5.75 Å². The molecule has 27 heavy (non-hydrogen) atoms. The predicted octanol–water partition coefficient (Wildman–Crippen LogP) is 2.99. The van der Waals surface area contributed by atoms with Gasteiger partial charge >= 0.3 is 0 Å². The molecule has 3 rings (SSSR count). The Bertz CT molecular complexity index is 906. The Morgan fingerprint density at radius 1 is 1.37 bits per heavy atom. The Morgan fingerprint density at radius 2 is 2.26 bits per heavy atom. The van der Waals surface area contributed by atoms with E-state index in [0.29, 0.717) is 24.1 Å². The molecule has 2 aromatic heterocycles. The van der Waals surface area contributed by atoms with E-state index in [2.05, 4.69) is 22.1 Å². The van der Waals surface area contributed by atoms with Gasteiger partial charge < -0.3 is 14.5 Å². The van der Waals surface area contributed by atoms with Gasteiger partial charge in [-0.3, -0.25) is 9.36 Å². The summed E-state index contributed by atoms with van der Waals surface area (Å²) in [6.07, 6.45) is 3.27. The van der Waals surface area contributed by atoms with Gasteiger partial charge in [-0.25, -0.2) is 0 Å². The highest BCUT2D eigenvalue weighted by Crippen LogP contribution is 2.27. The highest BCUT2D eigenvalue weighted by Gasteiger charge is 2.17. The van der Waals surface area contributed by atoms with Crippen molar-refractivity contribution in [1.82, 2.24) is 20.1 Å². The number of ether oxygens (including phenoxy) is 1. The van der Waals surface area contributed by atoms with Crippen LogP contribution >= 0.6 is 11.8 Å². The SMILES string of the molecule is C=CCNC(=O)CSc1nnc(-c2cccc(OC)c2)n1Cc1ccco1. The molecule has 0 aliphatic heterocycles. The zero-order valence-electron chi connectivity index (χ0n) is 14.9. The molecule has 140 valence electrons. The number of nitrogens with zero attached hydrogens (tertiary/aromatic N) is 3. The first-order valence-electron chi connectivity index (χ1n) is 8.31. The molecule has 1 N–H and O–H groups in total. The average Bonchev–Trinajstić information content (AvgIpc) is 3.35. The van der Waals surface area contributed by atoms with Gasteiger partial charge in [-0.15, -0.1) is 16.8 Å². The van der Waals surface area contributed by atoms with Crippen LogP contribution in [0, 0.1) is 0 Å². The van der Waals surface area contributed by atoms with Gasteiger partial charge in [0.1, 0.15) is 11.5 Å². The molecule has 1 aromatic carbocycles. The molecule has 8 heteroatoms. The third-order valence-electron chi connectivity index (χ3n) is 3.71. The van der Waals surface area contributed by atoms with E-state index in [1.165, 1.54) is 11.8 Å². The molecule has 0 fully saturated rings. The van der Waals surface area contributed by atoms with Crippen LogP contribution in [0.15, 0.2) is 64.9 Å². The first kappa shape index (κ1) is 18.8. The van der Waals surface area contributed by atoms with Crippen LogP contribution in [0.25, 0.3) is 11.4 Å². The Balaban J connectivity index is 1.87. The van der Waals surface area contributed by atoms with Gasteiger partial charge in [-0.1, -0.05) is 30.0 Å². The second-order valence-electron chi connectivity index (χ2n) is 5.59. The van der Waals surface area contributed by atoms with Crippen LogP contribution in [0.1, 0.15) is 5.76 Å². The number of hydrogen-bond acceptors (Lipinski definition) is 6. The second-order valence-corrected chi connectivity index (χ2v) is 6.53. The van der Waals surface area contributed by atoms with Gasteiger partial charge in [0, 0.05) is 12.1 Å². The van der Waals surface area contributed by atoms with Crippen LogP contribution in [-0.4, -0.2) is 40.1 Å². The summed E-state index contributed by atoms with van der Waals surface area (Å²) in [5.41, 5.74) is 0.872. The maximum absolute atomic E-state index is 11.9. The van der Waals surface area contributed by atoms with Gasteiger partial charge in [-0.2, -0.15) is 0 Å². The molecule has 0 radical (unpaired) electrons. The number of carbonyl (C=O) groups is 1. The van der Waals surface area contributed by atoms with Crippen molar-refractivity contribution in [2.75, 3.05) is 19.4 Å². The van der Waals surface area contributed by atoms with Crippen LogP contribution in [-0.2, 0) is 11.3 Å². The van der Waals surface area contributed by atoms with E-state index < -0.39 is 0 Å². The molecule has 0 atom stereocenters. The Kier molecular flexibility index (Phi) is 6.32. The summed E-state index contributed by atoms with van der Waals surface area (Å²) >= 11 is 1.32. The van der Waals surface area contributed by atoms with Gasteiger partial charge in [0.2, 0.25) is 5.91 Å². The number of carbonyl (C=O) groups excluding carboxylic acids is 1. The number of hydrogen-bond donors (Lipinski definition) is 1. The monoisotopic (exact) mass is 384 g/mol. The van der Waals surface area contributed by atoms with Crippen molar-refractivity contribution in [2.45, 2.75) is 11.7 Å². The number of thioether (sulfide) groups is 1. The molecule has 0 bridgehead atoms. The predicted molar refractivity (Wildman–Crippen MR) is 104 cm³/mol. The molecule has 0 saturated heterocycles.